The van der Waals surface area contributed by atoms with Crippen molar-refractivity contribution in [2.75, 3.05) is 33.0 Å². The molecule has 0 bridgehead atoms. The minimum Gasteiger partial charge on any atom is -0.440 e. The van der Waals surface area contributed by atoms with E-state index in [2.05, 4.69) is 70.8 Å². The van der Waals surface area contributed by atoms with E-state index in [1.807, 2.05) is 13.0 Å². The number of nitrogens with one attached hydrogen (secondary N) is 1. The zero-order chi connectivity index (χ0) is 58.4. The van der Waals surface area contributed by atoms with Gasteiger partial charge in [0.15, 0.2) is 37.2 Å². The Morgan fingerprint density at radius 1 is 0.831 bits per heavy atom. The summed E-state index contributed by atoms with van der Waals surface area (Å²) in [6, 6.07) is -1.73. The Kier molecular flexibility index (Phi) is 29.4. The van der Waals surface area contributed by atoms with Gasteiger partial charge in [0.2, 0.25) is 11.8 Å². The second-order valence-corrected chi connectivity index (χ2v) is 21.5. The van der Waals surface area contributed by atoms with Crippen LogP contribution in [-0.2, 0) is 65.9 Å². The van der Waals surface area contributed by atoms with Gasteiger partial charge in [-0.2, -0.15) is 9.59 Å². The van der Waals surface area contributed by atoms with Crippen LogP contribution in [0, 0.1) is 5.41 Å². The first-order valence-electron chi connectivity index (χ1n) is 24.9. The molecule has 13 N–H and O–H groups in total. The summed E-state index contributed by atoms with van der Waals surface area (Å²) in [5, 5.41) is 76.6. The Hall–Kier alpha value is -4.12. The monoisotopic (exact) mass is 1120 g/mol. The van der Waals surface area contributed by atoms with Gasteiger partial charge in [-0.25, -0.2) is 9.36 Å². The van der Waals surface area contributed by atoms with E-state index >= 15 is 0 Å². The van der Waals surface area contributed by atoms with E-state index in [0.717, 1.165) is 64.4 Å². The molecular formula is C50H82N3O23P. The van der Waals surface area contributed by atoms with Gasteiger partial charge < -0.3 is 90.6 Å². The maximum absolute atomic E-state index is 13.5. The lowest BCUT2D eigenvalue weighted by Gasteiger charge is -2.50. The van der Waals surface area contributed by atoms with Crippen molar-refractivity contribution in [3.63, 3.8) is 0 Å². The van der Waals surface area contributed by atoms with Gasteiger partial charge in [-0.3, -0.25) is 18.6 Å². The molecule has 0 aromatic rings. The van der Waals surface area contributed by atoms with E-state index in [1.54, 1.807) is 0 Å². The van der Waals surface area contributed by atoms with E-state index in [9.17, 15) is 59.6 Å². The van der Waals surface area contributed by atoms with Crippen molar-refractivity contribution < 1.29 is 111 Å². The van der Waals surface area contributed by atoms with Crippen molar-refractivity contribution in [1.82, 2.24) is 5.32 Å². The van der Waals surface area contributed by atoms with E-state index in [4.69, 9.17) is 63.3 Å². The van der Waals surface area contributed by atoms with Crippen LogP contribution in [0.5, 0.6) is 0 Å². The highest BCUT2D eigenvalue weighted by molar-refractivity contribution is 7.47. The summed E-state index contributed by atoms with van der Waals surface area (Å²) in [7, 11) is -5.29. The van der Waals surface area contributed by atoms with Gasteiger partial charge in [0.05, 0.1) is 33.0 Å². The van der Waals surface area contributed by atoms with Crippen LogP contribution in [0.3, 0.4) is 0 Å². The molecule has 27 heteroatoms. The number of primary amides is 2. The zero-order valence-electron chi connectivity index (χ0n) is 45.0. The van der Waals surface area contributed by atoms with Crippen LogP contribution in [0.15, 0.2) is 59.3 Å². The smallest absolute Gasteiger partial charge is 0.440 e. The van der Waals surface area contributed by atoms with Crippen molar-refractivity contribution in [2.45, 2.75) is 192 Å². The summed E-state index contributed by atoms with van der Waals surface area (Å²) < 4.78 is 62.8. The maximum atomic E-state index is 13.5. The van der Waals surface area contributed by atoms with Crippen LogP contribution < -0.4 is 16.8 Å². The Labute approximate surface area is 448 Å². The van der Waals surface area contributed by atoms with Crippen molar-refractivity contribution in [2.24, 2.45) is 16.9 Å². The molecule has 26 nitrogen and oxygen atoms in total. The van der Waals surface area contributed by atoms with Gasteiger partial charge in [0.25, 0.3) is 0 Å². The third-order valence-electron chi connectivity index (χ3n) is 12.6. The molecule has 3 aliphatic rings. The highest BCUT2D eigenvalue weighted by Gasteiger charge is 2.61. The minimum absolute atomic E-state index is 0.0142. The first kappa shape index (κ1) is 69.0. The van der Waals surface area contributed by atoms with Crippen molar-refractivity contribution in [1.29, 1.82) is 0 Å². The Morgan fingerprint density at radius 2 is 1.44 bits per heavy atom. The van der Waals surface area contributed by atoms with Crippen LogP contribution in [0.25, 0.3) is 0 Å². The average molecular weight is 1120 g/mol. The number of carbonyl (C=O) groups excluding carboxylic acids is 5. The number of phosphoric acid groups is 1. The molecule has 3 fully saturated rings. The fourth-order valence-electron chi connectivity index (χ4n) is 8.15. The van der Waals surface area contributed by atoms with Gasteiger partial charge in [0, 0.05) is 6.92 Å². The Balaban J connectivity index is 0.00000659. The minimum atomic E-state index is -5.29. The third kappa shape index (κ3) is 23.2. The summed E-state index contributed by atoms with van der Waals surface area (Å²) in [5.74, 6) is -2.19. The summed E-state index contributed by atoms with van der Waals surface area (Å²) in [5.41, 5.74) is 13.1. The molecule has 0 radical (unpaired) electrons. The SMILES string of the molecule is C=C(C/C=C(\C)CCC=C(C)C)CCC(C)(C)/C=C/CC/C(C)=C\COCCOP(=O)(O)OC1OC(C(N)=O)C(C)(O)C(OC(N)=O)C1OC1OC(COC2OC(CO)C(O)C(O)C2O)C(O)C(O)C1NC(C)=O.O=C=O. The summed E-state index contributed by atoms with van der Waals surface area (Å²) in [6.07, 6.45) is -9.23. The van der Waals surface area contributed by atoms with E-state index in [0.29, 0.717) is 0 Å². The highest BCUT2D eigenvalue weighted by atomic mass is 31.2. The third-order valence-corrected chi connectivity index (χ3v) is 13.6. The van der Waals surface area contributed by atoms with Gasteiger partial charge in [-0.1, -0.05) is 73.1 Å². The second-order valence-electron chi connectivity index (χ2n) is 20.1. The van der Waals surface area contributed by atoms with Gasteiger partial charge >= 0.3 is 20.1 Å². The molecule has 3 saturated heterocycles. The fourth-order valence-corrected chi connectivity index (χ4v) is 8.95. The molecule has 0 aromatic carbocycles. The Morgan fingerprint density at radius 3 is 2.04 bits per heavy atom. The van der Waals surface area contributed by atoms with E-state index in [1.165, 1.54) is 16.7 Å². The van der Waals surface area contributed by atoms with Gasteiger partial charge in [-0.05, 0) is 85.0 Å². The zero-order valence-corrected chi connectivity index (χ0v) is 45.9. The fraction of sp³-hybridized carbons (Fsp3) is 0.720. The standard InChI is InChI=1S/C49H82N3O21P.CO2/c1-27(2)13-12-15-28(3)16-17-30(5)18-21-48(7,8)20-11-10-14-29(4)19-22-65-23-24-67-74(63,64)73-46-40(41(72-47(51)61)49(9,62)42(71-46)43(50)60)70-44-34(52-31(6)54)37(57)36(56)33(69-44)26-66-45-39(59)38(58)35(55)32(25-53)68-45;2-1-3/h11,13,16,19-20,32-42,44-46,53,55-59,62H,5,10,12,14-15,17-18,21-26H2,1-4,6-9H3,(H2,50,60)(H2,51,61)(H,52,54)(H,63,64);/b20-11+,28-16+,29-19-;. The molecule has 16 atom stereocenters. The average Bonchev–Trinajstić information content (AvgIpc) is 3.33. The number of nitrogens with two attached hydrogens (primary N) is 2. The van der Waals surface area contributed by atoms with Crippen LogP contribution >= 0.6 is 7.82 Å². The number of hydrogen-bond donors (Lipinski definition) is 11. The topological polar surface area (TPSA) is 411 Å². The molecular weight excluding hydrogens is 1040 g/mol. The molecule has 440 valence electrons. The van der Waals surface area contributed by atoms with Crippen LogP contribution in [0.4, 0.5) is 4.79 Å². The molecule has 0 saturated carbocycles. The van der Waals surface area contributed by atoms with Gasteiger partial charge in [0.1, 0.15) is 54.4 Å². The summed E-state index contributed by atoms with van der Waals surface area (Å²) in [4.78, 5) is 64.3. The molecule has 77 heavy (non-hydrogen) atoms. The van der Waals surface area contributed by atoms with Crippen molar-refractivity contribution in [3.8, 4) is 0 Å². The lowest BCUT2D eigenvalue weighted by molar-refractivity contribution is -0.358. The van der Waals surface area contributed by atoms with Crippen molar-refractivity contribution >= 4 is 31.9 Å². The summed E-state index contributed by atoms with van der Waals surface area (Å²) >= 11 is 0. The Bertz CT molecular complexity index is 2110. The lowest BCUT2D eigenvalue weighted by Crippen LogP contribution is -2.72. The molecule has 3 amide bonds. The second kappa shape index (κ2) is 32.8. The maximum Gasteiger partial charge on any atom is 0.474 e. The van der Waals surface area contributed by atoms with E-state index in [-0.39, 0.29) is 24.8 Å². The number of rotatable bonds is 29. The molecule has 3 aliphatic heterocycles. The quantitative estimate of drug-likeness (QED) is 0.0281. The van der Waals surface area contributed by atoms with Crippen LogP contribution in [-0.4, -0.2) is 189 Å². The van der Waals surface area contributed by atoms with E-state index < -0.39 is 137 Å². The normalized spacial score (nSPS) is 31.7. The number of aliphatic hydroxyl groups excluding tert-OH is 6. The first-order chi connectivity index (χ1) is 35.9. The van der Waals surface area contributed by atoms with Gasteiger partial charge in [-0.15, -0.1) is 0 Å². The molecule has 3 rings (SSSR count). The number of hydrogen-bond acceptors (Lipinski definition) is 22. The van der Waals surface area contributed by atoms with Crippen molar-refractivity contribution in [3.05, 3.63) is 59.3 Å². The molecule has 16 unspecified atom stereocenters. The highest BCUT2D eigenvalue weighted by Crippen LogP contribution is 2.48. The molecule has 0 aromatic heterocycles. The van der Waals surface area contributed by atoms with Crippen LogP contribution in [0.2, 0.25) is 0 Å². The number of aliphatic hydroxyl groups is 7. The first-order valence-corrected chi connectivity index (χ1v) is 26.4. The lowest BCUT2D eigenvalue weighted by atomic mass is 9.85. The van der Waals surface area contributed by atoms with Crippen LogP contribution in [0.1, 0.15) is 100 Å². The predicted molar refractivity (Wildman–Crippen MR) is 270 cm³/mol. The predicted octanol–water partition coefficient (Wildman–Crippen LogP) is 0.859. The number of allylic oxidation sites excluding steroid dienone is 8. The molecule has 3 heterocycles. The summed E-state index contributed by atoms with van der Waals surface area (Å²) in [6.45, 7) is 16.7. The number of ether oxygens (including phenoxy) is 7. The number of amides is 3. The molecule has 0 aliphatic carbocycles. The number of phosphoric ester groups is 1. The largest absolute Gasteiger partial charge is 0.474 e. The molecule has 0 spiro atoms. The number of carbonyl (C=O) groups is 3.